The van der Waals surface area contributed by atoms with Crippen molar-refractivity contribution in [2.75, 3.05) is 7.11 Å². The van der Waals surface area contributed by atoms with Crippen molar-refractivity contribution in [1.82, 2.24) is 0 Å². The van der Waals surface area contributed by atoms with Crippen LogP contribution in [0.4, 0.5) is 8.78 Å². The van der Waals surface area contributed by atoms with Gasteiger partial charge in [-0.3, -0.25) is 0 Å². The van der Waals surface area contributed by atoms with E-state index in [1.54, 1.807) is 0 Å². The molecule has 0 aliphatic heterocycles. The molecule has 0 spiro atoms. The molecule has 0 radical (unpaired) electrons. The van der Waals surface area contributed by atoms with Crippen LogP contribution in [-0.4, -0.2) is 13.1 Å². The summed E-state index contributed by atoms with van der Waals surface area (Å²) < 4.78 is 30.9. The number of halogens is 4. The molecule has 6 heteroatoms. The molecule has 1 aromatic carbocycles. The number of rotatable bonds is 1. The standard InChI is InChI=1S/C8H4Br2F2O2/c1-14-8(13)5-4(11)2-3(9)6(10)7(5)12/h2H,1H3. The summed E-state index contributed by atoms with van der Waals surface area (Å²) >= 11 is 5.79. The third-order valence-corrected chi connectivity index (χ3v) is 3.44. The first kappa shape index (κ1) is 11.6. The lowest BCUT2D eigenvalue weighted by Gasteiger charge is -2.05. The van der Waals surface area contributed by atoms with Gasteiger partial charge in [0.05, 0.1) is 11.6 Å². The fraction of sp³-hybridized carbons (Fsp3) is 0.125. The molecule has 0 bridgehead atoms. The van der Waals surface area contributed by atoms with Crippen LogP contribution < -0.4 is 0 Å². The van der Waals surface area contributed by atoms with Crippen molar-refractivity contribution in [2.45, 2.75) is 0 Å². The number of methoxy groups -OCH3 is 1. The topological polar surface area (TPSA) is 26.3 Å². The molecule has 0 unspecified atom stereocenters. The molecule has 14 heavy (non-hydrogen) atoms. The maximum atomic E-state index is 13.3. The predicted octanol–water partition coefficient (Wildman–Crippen LogP) is 3.28. The first-order valence-corrected chi connectivity index (χ1v) is 4.99. The van der Waals surface area contributed by atoms with Crippen molar-refractivity contribution in [2.24, 2.45) is 0 Å². The van der Waals surface area contributed by atoms with Gasteiger partial charge in [0.25, 0.3) is 0 Å². The lowest BCUT2D eigenvalue weighted by Crippen LogP contribution is -2.08. The van der Waals surface area contributed by atoms with Crippen molar-refractivity contribution in [3.63, 3.8) is 0 Å². The number of carbonyl (C=O) groups is 1. The summed E-state index contributed by atoms with van der Waals surface area (Å²) in [6.45, 7) is 0. The Labute approximate surface area is 95.5 Å². The van der Waals surface area contributed by atoms with Gasteiger partial charge in [0.1, 0.15) is 11.4 Å². The largest absolute Gasteiger partial charge is 0.465 e. The van der Waals surface area contributed by atoms with Crippen molar-refractivity contribution in [1.29, 1.82) is 0 Å². The van der Waals surface area contributed by atoms with E-state index in [4.69, 9.17) is 0 Å². The Hall–Kier alpha value is -0.490. The zero-order valence-corrected chi connectivity index (χ0v) is 10.1. The number of ether oxygens (including phenoxy) is 1. The minimum absolute atomic E-state index is 0.0145. The quantitative estimate of drug-likeness (QED) is 0.449. The fourth-order valence-corrected chi connectivity index (χ4v) is 1.54. The van der Waals surface area contributed by atoms with Crippen molar-refractivity contribution in [3.05, 3.63) is 32.2 Å². The molecule has 0 aliphatic rings. The Morgan fingerprint density at radius 2 is 2.00 bits per heavy atom. The zero-order valence-electron chi connectivity index (χ0n) is 6.91. The molecule has 0 aromatic heterocycles. The molecule has 0 saturated heterocycles. The minimum atomic E-state index is -1.05. The highest BCUT2D eigenvalue weighted by Gasteiger charge is 2.22. The molecule has 0 heterocycles. The molecular weight excluding hydrogens is 326 g/mol. The number of esters is 1. The Kier molecular flexibility index (Phi) is 3.60. The van der Waals surface area contributed by atoms with Gasteiger partial charge in [-0.15, -0.1) is 0 Å². The zero-order chi connectivity index (χ0) is 10.9. The van der Waals surface area contributed by atoms with Gasteiger partial charge in [-0.2, -0.15) is 0 Å². The van der Waals surface area contributed by atoms with E-state index in [9.17, 15) is 13.6 Å². The molecule has 1 aromatic rings. The molecule has 1 rings (SSSR count). The number of benzene rings is 1. The highest BCUT2D eigenvalue weighted by molar-refractivity contribution is 9.13. The monoisotopic (exact) mass is 328 g/mol. The smallest absolute Gasteiger partial charge is 0.343 e. The molecule has 0 saturated carbocycles. The second-order valence-electron chi connectivity index (χ2n) is 2.33. The third-order valence-electron chi connectivity index (χ3n) is 1.50. The van der Waals surface area contributed by atoms with Crippen LogP contribution in [0, 0.1) is 11.6 Å². The van der Waals surface area contributed by atoms with Gasteiger partial charge in [-0.25, -0.2) is 13.6 Å². The molecule has 0 N–H and O–H groups in total. The number of hydrogen-bond donors (Lipinski definition) is 0. The van der Waals surface area contributed by atoms with E-state index in [0.29, 0.717) is 0 Å². The maximum Gasteiger partial charge on any atom is 0.343 e. The molecule has 0 amide bonds. The van der Waals surface area contributed by atoms with Crippen LogP contribution in [0.5, 0.6) is 0 Å². The van der Waals surface area contributed by atoms with Crippen LogP contribution >= 0.6 is 31.9 Å². The number of hydrogen-bond acceptors (Lipinski definition) is 2. The number of carbonyl (C=O) groups excluding carboxylic acids is 1. The predicted molar refractivity (Wildman–Crippen MR) is 53.1 cm³/mol. The lowest BCUT2D eigenvalue weighted by molar-refractivity contribution is 0.0589. The van der Waals surface area contributed by atoms with Gasteiger partial charge in [0, 0.05) is 4.47 Å². The SMILES string of the molecule is COC(=O)c1c(F)cc(Br)c(Br)c1F. The van der Waals surface area contributed by atoms with E-state index in [0.717, 1.165) is 13.2 Å². The van der Waals surface area contributed by atoms with Gasteiger partial charge in [-0.05, 0) is 37.9 Å². The van der Waals surface area contributed by atoms with Gasteiger partial charge in [0.15, 0.2) is 5.82 Å². The van der Waals surface area contributed by atoms with E-state index >= 15 is 0 Å². The molecule has 2 nitrogen and oxygen atoms in total. The molecule has 0 fully saturated rings. The highest BCUT2D eigenvalue weighted by atomic mass is 79.9. The second kappa shape index (κ2) is 4.35. The van der Waals surface area contributed by atoms with Crippen LogP contribution in [0.2, 0.25) is 0 Å². The van der Waals surface area contributed by atoms with Crippen LogP contribution in [0.1, 0.15) is 10.4 Å². The van der Waals surface area contributed by atoms with Gasteiger partial charge in [-0.1, -0.05) is 0 Å². The molecule has 76 valence electrons. The summed E-state index contributed by atoms with van der Waals surface area (Å²) in [5, 5.41) is 0. The fourth-order valence-electron chi connectivity index (χ4n) is 0.855. The van der Waals surface area contributed by atoms with Crippen LogP contribution in [0.3, 0.4) is 0 Å². The summed E-state index contributed by atoms with van der Waals surface area (Å²) in [5.74, 6) is -3.00. The van der Waals surface area contributed by atoms with E-state index in [2.05, 4.69) is 36.6 Å². The van der Waals surface area contributed by atoms with Gasteiger partial charge >= 0.3 is 5.97 Å². The van der Waals surface area contributed by atoms with Crippen LogP contribution in [-0.2, 0) is 4.74 Å². The third kappa shape index (κ3) is 1.95. The van der Waals surface area contributed by atoms with Crippen molar-refractivity contribution < 1.29 is 18.3 Å². The summed E-state index contributed by atoms with van der Waals surface area (Å²) in [6.07, 6.45) is 0. The minimum Gasteiger partial charge on any atom is -0.465 e. The van der Waals surface area contributed by atoms with E-state index in [-0.39, 0.29) is 8.95 Å². The Morgan fingerprint density at radius 3 is 2.50 bits per heavy atom. The normalized spacial score (nSPS) is 10.1. The summed E-state index contributed by atoms with van der Waals surface area (Å²) in [6, 6.07) is 0.986. The maximum absolute atomic E-state index is 13.3. The Bertz CT molecular complexity index is 393. The van der Waals surface area contributed by atoms with E-state index < -0.39 is 23.2 Å². The van der Waals surface area contributed by atoms with Crippen LogP contribution in [0.25, 0.3) is 0 Å². The Morgan fingerprint density at radius 1 is 1.43 bits per heavy atom. The molecule has 0 aliphatic carbocycles. The molecule has 0 atom stereocenters. The average Bonchev–Trinajstić information content (AvgIpc) is 2.14. The highest BCUT2D eigenvalue weighted by Crippen LogP contribution is 2.30. The molecular formula is C8H4Br2F2O2. The van der Waals surface area contributed by atoms with Crippen molar-refractivity contribution in [3.8, 4) is 0 Å². The van der Waals surface area contributed by atoms with E-state index in [1.165, 1.54) is 0 Å². The van der Waals surface area contributed by atoms with Crippen LogP contribution in [0.15, 0.2) is 15.0 Å². The summed E-state index contributed by atoms with van der Waals surface area (Å²) in [4.78, 5) is 11.0. The summed E-state index contributed by atoms with van der Waals surface area (Å²) in [7, 11) is 1.05. The van der Waals surface area contributed by atoms with Gasteiger partial charge < -0.3 is 4.74 Å². The van der Waals surface area contributed by atoms with Crippen molar-refractivity contribution >= 4 is 37.8 Å². The summed E-state index contributed by atoms with van der Waals surface area (Å²) in [5.41, 5.74) is -0.706. The van der Waals surface area contributed by atoms with E-state index in [1.807, 2.05) is 0 Å². The Balaban J connectivity index is 3.44. The first-order valence-electron chi connectivity index (χ1n) is 3.40. The second-order valence-corrected chi connectivity index (χ2v) is 3.98. The lowest BCUT2D eigenvalue weighted by atomic mass is 10.2. The average molecular weight is 330 g/mol. The first-order chi connectivity index (χ1) is 6.49. The van der Waals surface area contributed by atoms with Gasteiger partial charge in [0.2, 0.25) is 0 Å².